The molecule has 1 nitrogen and oxygen atoms in total. The Balaban J connectivity index is 1.28. The van der Waals surface area contributed by atoms with Gasteiger partial charge in [0.25, 0.3) is 0 Å². The van der Waals surface area contributed by atoms with Gasteiger partial charge in [0.15, 0.2) is 0 Å². The molecule has 0 unspecified atom stereocenters. The van der Waals surface area contributed by atoms with Crippen LogP contribution in [0.25, 0.3) is 99.1 Å². The maximum absolute atomic E-state index is 9.47. The monoisotopic (exact) mass is 652 g/mol. The Bertz CT molecular complexity index is 3060. The SMILES string of the molecule is [2H]c1c([2H])c([2H])c(-c2c3ccccc3c(-c3cccc4oc5ccc(-c6ccccc6)cc5c34)c3ccccc23)c(-c2ccc(-c3ccccc3)cc2)c1[2H]. The van der Waals surface area contributed by atoms with Gasteiger partial charge in [-0.25, -0.2) is 0 Å². The molecule has 0 N–H and O–H groups in total. The highest BCUT2D eigenvalue weighted by Crippen LogP contribution is 2.48. The van der Waals surface area contributed by atoms with Gasteiger partial charge in [-0.3, -0.25) is 0 Å². The zero-order chi connectivity index (χ0) is 37.2. The molecule has 9 aromatic carbocycles. The number of hydrogen-bond acceptors (Lipinski definition) is 1. The van der Waals surface area contributed by atoms with Crippen LogP contribution in [0.4, 0.5) is 0 Å². The summed E-state index contributed by atoms with van der Waals surface area (Å²) < 4.78 is 42.9. The van der Waals surface area contributed by atoms with Gasteiger partial charge in [0.2, 0.25) is 0 Å². The van der Waals surface area contributed by atoms with Crippen molar-refractivity contribution in [2.45, 2.75) is 0 Å². The second-order valence-electron chi connectivity index (χ2n) is 12.9. The standard InChI is InChI=1S/C50H32O/c1-3-14-33(15-4-1)35-26-28-36(29-27-35)38-18-7-8-19-39(38)48-40-20-9-11-22-42(40)49(43-23-12-10-21-41(43)48)44-24-13-25-47-50(44)45-32-37(30-31-46(45)51-47)34-16-5-2-6-17-34/h1-32H/i7D,8D,18D,19D. The molecule has 0 aliphatic carbocycles. The highest BCUT2D eigenvalue weighted by atomic mass is 16.3. The Hall–Kier alpha value is -6.70. The Morgan fingerprint density at radius 1 is 0.333 bits per heavy atom. The summed E-state index contributed by atoms with van der Waals surface area (Å²) in [4.78, 5) is 0. The van der Waals surface area contributed by atoms with Crippen molar-refractivity contribution in [2.24, 2.45) is 0 Å². The van der Waals surface area contributed by atoms with Crippen molar-refractivity contribution in [1.82, 2.24) is 0 Å². The van der Waals surface area contributed by atoms with E-state index >= 15 is 0 Å². The lowest BCUT2D eigenvalue weighted by molar-refractivity contribution is 0.669. The number of hydrogen-bond donors (Lipinski definition) is 0. The molecule has 0 spiro atoms. The third kappa shape index (κ3) is 4.86. The zero-order valence-electron chi connectivity index (χ0n) is 31.6. The van der Waals surface area contributed by atoms with Crippen LogP contribution in [0.3, 0.4) is 0 Å². The van der Waals surface area contributed by atoms with E-state index in [1.54, 1.807) is 0 Å². The third-order valence-corrected chi connectivity index (χ3v) is 10.0. The average Bonchev–Trinajstić information content (AvgIpc) is 3.63. The average molecular weight is 653 g/mol. The van der Waals surface area contributed by atoms with Crippen LogP contribution in [0.1, 0.15) is 5.48 Å². The van der Waals surface area contributed by atoms with Crippen LogP contribution in [0.2, 0.25) is 0 Å². The minimum atomic E-state index is -0.259. The third-order valence-electron chi connectivity index (χ3n) is 10.0. The molecule has 0 aliphatic rings. The Kier molecular flexibility index (Phi) is 5.96. The molecule has 1 heterocycles. The topological polar surface area (TPSA) is 13.1 Å². The van der Waals surface area contributed by atoms with Crippen molar-refractivity contribution < 1.29 is 9.90 Å². The van der Waals surface area contributed by atoms with Crippen molar-refractivity contribution in [2.75, 3.05) is 0 Å². The molecule has 1 aromatic heterocycles. The Morgan fingerprint density at radius 3 is 1.45 bits per heavy atom. The molecule has 10 rings (SSSR count). The van der Waals surface area contributed by atoms with E-state index in [0.717, 1.165) is 88.0 Å². The van der Waals surface area contributed by atoms with E-state index in [1.165, 1.54) is 0 Å². The van der Waals surface area contributed by atoms with Gasteiger partial charge in [0.05, 0.1) is 5.48 Å². The van der Waals surface area contributed by atoms with Gasteiger partial charge in [0, 0.05) is 10.8 Å². The Morgan fingerprint density at radius 2 is 0.824 bits per heavy atom. The lowest BCUT2D eigenvalue weighted by atomic mass is 9.83. The summed E-state index contributed by atoms with van der Waals surface area (Å²) in [6.07, 6.45) is 0. The summed E-state index contributed by atoms with van der Waals surface area (Å²) in [5.74, 6) is 0. The summed E-state index contributed by atoms with van der Waals surface area (Å²) in [6, 6.07) is 56.9. The van der Waals surface area contributed by atoms with Crippen molar-refractivity contribution in [3.63, 3.8) is 0 Å². The molecule has 51 heavy (non-hydrogen) atoms. The molecule has 10 aromatic rings. The molecule has 0 saturated heterocycles. The van der Waals surface area contributed by atoms with E-state index in [-0.39, 0.29) is 24.2 Å². The van der Waals surface area contributed by atoms with E-state index in [1.807, 2.05) is 84.9 Å². The van der Waals surface area contributed by atoms with E-state index < -0.39 is 0 Å². The van der Waals surface area contributed by atoms with Crippen molar-refractivity contribution in [3.05, 3.63) is 194 Å². The fourth-order valence-corrected chi connectivity index (χ4v) is 7.71. The molecular weight excluding hydrogens is 617 g/mol. The summed E-state index contributed by atoms with van der Waals surface area (Å²) >= 11 is 0. The highest BCUT2D eigenvalue weighted by molar-refractivity contribution is 6.26. The predicted molar refractivity (Wildman–Crippen MR) is 216 cm³/mol. The maximum Gasteiger partial charge on any atom is 0.136 e. The lowest BCUT2D eigenvalue weighted by Gasteiger charge is -2.20. The van der Waals surface area contributed by atoms with Crippen LogP contribution < -0.4 is 0 Å². The largest absolute Gasteiger partial charge is 0.456 e. The first kappa shape index (κ1) is 25.3. The Labute approximate surface area is 302 Å². The van der Waals surface area contributed by atoms with Gasteiger partial charge in [-0.15, -0.1) is 0 Å². The number of rotatable bonds is 5. The molecule has 1 heteroatoms. The normalized spacial score (nSPS) is 12.6. The summed E-state index contributed by atoms with van der Waals surface area (Å²) in [5.41, 5.74) is 10.5. The first-order chi connectivity index (χ1) is 27.0. The number of furan rings is 1. The van der Waals surface area contributed by atoms with Crippen molar-refractivity contribution in [3.8, 4) is 55.6 Å². The second-order valence-corrected chi connectivity index (χ2v) is 12.9. The molecule has 0 amide bonds. The lowest BCUT2D eigenvalue weighted by Crippen LogP contribution is -1.93. The maximum atomic E-state index is 9.47. The molecule has 0 radical (unpaired) electrons. The summed E-state index contributed by atoms with van der Waals surface area (Å²) in [7, 11) is 0. The van der Waals surface area contributed by atoms with E-state index in [0.29, 0.717) is 11.1 Å². The fraction of sp³-hybridized carbons (Fsp3) is 0. The van der Waals surface area contributed by atoms with Crippen LogP contribution in [0, 0.1) is 0 Å². The van der Waals surface area contributed by atoms with Crippen LogP contribution in [0.15, 0.2) is 198 Å². The molecule has 0 bridgehead atoms. The van der Waals surface area contributed by atoms with E-state index in [9.17, 15) is 2.74 Å². The quantitative estimate of drug-likeness (QED) is 0.169. The highest BCUT2D eigenvalue weighted by Gasteiger charge is 2.21. The minimum Gasteiger partial charge on any atom is -0.456 e. The fourth-order valence-electron chi connectivity index (χ4n) is 7.71. The van der Waals surface area contributed by atoms with Gasteiger partial charge < -0.3 is 4.42 Å². The first-order valence-electron chi connectivity index (χ1n) is 19.2. The zero-order valence-corrected chi connectivity index (χ0v) is 27.6. The van der Waals surface area contributed by atoms with Gasteiger partial charge in [-0.05, 0) is 95.4 Å². The van der Waals surface area contributed by atoms with Crippen LogP contribution in [-0.2, 0) is 0 Å². The van der Waals surface area contributed by atoms with Crippen LogP contribution >= 0.6 is 0 Å². The van der Waals surface area contributed by atoms with E-state index in [2.05, 4.69) is 84.9 Å². The smallest absolute Gasteiger partial charge is 0.136 e. The van der Waals surface area contributed by atoms with Gasteiger partial charge in [0.1, 0.15) is 11.2 Å². The number of benzene rings is 9. The first-order valence-corrected chi connectivity index (χ1v) is 17.2. The molecular formula is C50H32O. The summed E-state index contributed by atoms with van der Waals surface area (Å²) in [6.45, 7) is 0. The van der Waals surface area contributed by atoms with E-state index in [4.69, 9.17) is 7.16 Å². The number of fused-ring (bicyclic) bond motifs is 5. The summed E-state index contributed by atoms with van der Waals surface area (Å²) in [5, 5.41) is 5.82. The molecule has 0 aliphatic heterocycles. The second kappa shape index (κ2) is 12.0. The minimum absolute atomic E-state index is 0.0652. The van der Waals surface area contributed by atoms with Gasteiger partial charge >= 0.3 is 0 Å². The van der Waals surface area contributed by atoms with Crippen molar-refractivity contribution >= 4 is 43.5 Å². The molecule has 238 valence electrons. The van der Waals surface area contributed by atoms with Gasteiger partial charge in [-0.2, -0.15) is 0 Å². The van der Waals surface area contributed by atoms with Crippen LogP contribution in [-0.4, -0.2) is 0 Å². The van der Waals surface area contributed by atoms with Crippen molar-refractivity contribution in [1.29, 1.82) is 0 Å². The van der Waals surface area contributed by atoms with Crippen LogP contribution in [0.5, 0.6) is 0 Å². The predicted octanol–water partition coefficient (Wildman–Crippen LogP) is 14.2. The molecule has 0 atom stereocenters. The molecule has 0 saturated carbocycles. The van der Waals surface area contributed by atoms with Gasteiger partial charge in [-0.1, -0.05) is 176 Å². The molecule has 0 fully saturated rings.